The first-order chi connectivity index (χ1) is 7.15. The molecule has 0 rings (SSSR count). The number of rotatable bonds is 9. The SMILES string of the molecule is CCC(CC)N(CCCCS)CC(C)C. The van der Waals surface area contributed by atoms with E-state index in [1.54, 1.807) is 0 Å². The molecule has 0 aliphatic rings. The van der Waals surface area contributed by atoms with E-state index < -0.39 is 0 Å². The molecule has 0 unspecified atom stereocenters. The molecule has 15 heavy (non-hydrogen) atoms. The molecule has 0 radical (unpaired) electrons. The van der Waals surface area contributed by atoms with Crippen LogP contribution in [-0.4, -0.2) is 29.8 Å². The molecule has 0 N–H and O–H groups in total. The predicted molar refractivity (Wildman–Crippen MR) is 73.9 cm³/mol. The third kappa shape index (κ3) is 7.24. The lowest BCUT2D eigenvalue weighted by Crippen LogP contribution is -2.38. The van der Waals surface area contributed by atoms with Crippen molar-refractivity contribution in [1.29, 1.82) is 0 Å². The van der Waals surface area contributed by atoms with Crippen LogP contribution in [0.2, 0.25) is 0 Å². The fourth-order valence-corrected chi connectivity index (χ4v) is 2.35. The average molecular weight is 231 g/mol. The summed E-state index contributed by atoms with van der Waals surface area (Å²) >= 11 is 4.27. The minimum absolute atomic E-state index is 0.779. The summed E-state index contributed by atoms with van der Waals surface area (Å²) in [5.74, 6) is 1.81. The zero-order valence-electron chi connectivity index (χ0n) is 11.0. The molecule has 0 aromatic carbocycles. The second kappa shape index (κ2) is 9.53. The highest BCUT2D eigenvalue weighted by atomic mass is 32.1. The van der Waals surface area contributed by atoms with Crippen molar-refractivity contribution in [3.63, 3.8) is 0 Å². The van der Waals surface area contributed by atoms with Crippen LogP contribution >= 0.6 is 12.6 Å². The van der Waals surface area contributed by atoms with Gasteiger partial charge >= 0.3 is 0 Å². The van der Waals surface area contributed by atoms with Gasteiger partial charge in [-0.2, -0.15) is 12.6 Å². The second-order valence-electron chi connectivity index (χ2n) is 4.79. The van der Waals surface area contributed by atoms with Gasteiger partial charge in [-0.1, -0.05) is 27.7 Å². The third-order valence-corrected chi connectivity index (χ3v) is 3.23. The molecule has 2 heteroatoms. The zero-order valence-corrected chi connectivity index (χ0v) is 11.9. The topological polar surface area (TPSA) is 3.24 Å². The van der Waals surface area contributed by atoms with Gasteiger partial charge in [-0.25, -0.2) is 0 Å². The smallest absolute Gasteiger partial charge is 0.00901 e. The Morgan fingerprint density at radius 3 is 2.07 bits per heavy atom. The molecule has 0 atom stereocenters. The van der Waals surface area contributed by atoms with Crippen LogP contribution in [0.15, 0.2) is 0 Å². The molecule has 1 nitrogen and oxygen atoms in total. The van der Waals surface area contributed by atoms with Crippen LogP contribution in [0.5, 0.6) is 0 Å². The van der Waals surface area contributed by atoms with E-state index in [0.29, 0.717) is 0 Å². The molecule has 0 saturated heterocycles. The Labute approximate surface area is 102 Å². The molecule has 92 valence electrons. The largest absolute Gasteiger partial charge is 0.300 e. The quantitative estimate of drug-likeness (QED) is 0.466. The van der Waals surface area contributed by atoms with Crippen LogP contribution < -0.4 is 0 Å². The molecule has 0 saturated carbocycles. The first-order valence-corrected chi connectivity index (χ1v) is 7.13. The van der Waals surface area contributed by atoms with Crippen molar-refractivity contribution in [1.82, 2.24) is 4.90 Å². The van der Waals surface area contributed by atoms with E-state index in [-0.39, 0.29) is 0 Å². The van der Waals surface area contributed by atoms with Crippen molar-refractivity contribution < 1.29 is 0 Å². The van der Waals surface area contributed by atoms with E-state index in [1.165, 1.54) is 38.8 Å². The van der Waals surface area contributed by atoms with Crippen molar-refractivity contribution in [3.05, 3.63) is 0 Å². The van der Waals surface area contributed by atoms with Crippen molar-refractivity contribution in [2.75, 3.05) is 18.8 Å². The Hall–Kier alpha value is 0.310. The number of nitrogens with zero attached hydrogens (tertiary/aromatic N) is 1. The highest BCUT2D eigenvalue weighted by Crippen LogP contribution is 2.12. The summed E-state index contributed by atoms with van der Waals surface area (Å²) in [6.07, 6.45) is 5.11. The molecule has 0 aromatic rings. The fraction of sp³-hybridized carbons (Fsp3) is 1.00. The molecule has 0 aliphatic heterocycles. The average Bonchev–Trinajstić information content (AvgIpc) is 2.19. The van der Waals surface area contributed by atoms with Crippen LogP contribution in [0, 0.1) is 5.92 Å². The molecule has 0 heterocycles. The van der Waals surface area contributed by atoms with Gasteiger partial charge in [0.1, 0.15) is 0 Å². The molecule has 0 fully saturated rings. The van der Waals surface area contributed by atoms with Crippen LogP contribution in [0.25, 0.3) is 0 Å². The first-order valence-electron chi connectivity index (χ1n) is 6.50. The van der Waals surface area contributed by atoms with E-state index in [4.69, 9.17) is 0 Å². The number of unbranched alkanes of at least 4 members (excludes halogenated alkanes) is 1. The van der Waals surface area contributed by atoms with E-state index >= 15 is 0 Å². The molecule has 0 amide bonds. The Balaban J connectivity index is 4.03. The van der Waals surface area contributed by atoms with E-state index in [0.717, 1.165) is 17.7 Å². The third-order valence-electron chi connectivity index (χ3n) is 2.91. The highest BCUT2D eigenvalue weighted by molar-refractivity contribution is 7.80. The maximum Gasteiger partial charge on any atom is 0.00901 e. The summed E-state index contributed by atoms with van der Waals surface area (Å²) < 4.78 is 0. The van der Waals surface area contributed by atoms with Crippen LogP contribution in [0.1, 0.15) is 53.4 Å². The van der Waals surface area contributed by atoms with Gasteiger partial charge in [0.05, 0.1) is 0 Å². The lowest BCUT2D eigenvalue weighted by Gasteiger charge is -2.31. The number of hydrogen-bond acceptors (Lipinski definition) is 2. The van der Waals surface area contributed by atoms with Crippen molar-refractivity contribution in [2.45, 2.75) is 59.4 Å². The Bertz CT molecular complexity index is 132. The first kappa shape index (κ1) is 15.3. The van der Waals surface area contributed by atoms with Gasteiger partial charge in [0.25, 0.3) is 0 Å². The fourth-order valence-electron chi connectivity index (χ4n) is 2.12. The molecular weight excluding hydrogens is 202 g/mol. The molecule has 0 aliphatic carbocycles. The molecule has 0 bridgehead atoms. The Morgan fingerprint density at radius 2 is 1.67 bits per heavy atom. The summed E-state index contributed by atoms with van der Waals surface area (Å²) in [4.78, 5) is 2.67. The van der Waals surface area contributed by atoms with Crippen molar-refractivity contribution in [2.24, 2.45) is 5.92 Å². The number of hydrogen-bond donors (Lipinski definition) is 1. The van der Waals surface area contributed by atoms with Crippen LogP contribution in [0.3, 0.4) is 0 Å². The minimum atomic E-state index is 0.779. The summed E-state index contributed by atoms with van der Waals surface area (Å²) in [5.41, 5.74) is 0. The normalized spacial score (nSPS) is 12.0. The monoisotopic (exact) mass is 231 g/mol. The van der Waals surface area contributed by atoms with Gasteiger partial charge in [-0.3, -0.25) is 0 Å². The summed E-state index contributed by atoms with van der Waals surface area (Å²) in [6.45, 7) is 11.7. The van der Waals surface area contributed by atoms with Crippen molar-refractivity contribution in [3.8, 4) is 0 Å². The standard InChI is InChI=1S/C13H29NS/c1-5-13(6-2)14(11-12(3)4)9-7-8-10-15/h12-13,15H,5-11H2,1-4H3. The second-order valence-corrected chi connectivity index (χ2v) is 5.24. The van der Waals surface area contributed by atoms with Crippen LogP contribution in [-0.2, 0) is 0 Å². The highest BCUT2D eigenvalue weighted by Gasteiger charge is 2.15. The lowest BCUT2D eigenvalue weighted by molar-refractivity contribution is 0.163. The maximum atomic E-state index is 4.27. The van der Waals surface area contributed by atoms with E-state index in [9.17, 15) is 0 Å². The van der Waals surface area contributed by atoms with Gasteiger partial charge in [-0.15, -0.1) is 0 Å². The molecule has 0 aromatic heterocycles. The minimum Gasteiger partial charge on any atom is -0.300 e. The maximum absolute atomic E-state index is 4.27. The van der Waals surface area contributed by atoms with Crippen LogP contribution in [0.4, 0.5) is 0 Å². The van der Waals surface area contributed by atoms with Gasteiger partial charge in [0.2, 0.25) is 0 Å². The lowest BCUT2D eigenvalue weighted by atomic mass is 10.1. The molecule has 0 spiro atoms. The van der Waals surface area contributed by atoms with Gasteiger partial charge in [0, 0.05) is 12.6 Å². The Morgan fingerprint density at radius 1 is 1.07 bits per heavy atom. The summed E-state index contributed by atoms with van der Waals surface area (Å²) in [6, 6.07) is 0.785. The molecular formula is C13H29NS. The van der Waals surface area contributed by atoms with Gasteiger partial charge in [-0.05, 0) is 43.9 Å². The Kier molecular flexibility index (Phi) is 9.73. The summed E-state index contributed by atoms with van der Waals surface area (Å²) in [7, 11) is 0. The van der Waals surface area contributed by atoms with Gasteiger partial charge < -0.3 is 4.90 Å². The summed E-state index contributed by atoms with van der Waals surface area (Å²) in [5, 5.41) is 0. The van der Waals surface area contributed by atoms with E-state index in [2.05, 4.69) is 45.2 Å². The number of thiol groups is 1. The predicted octanol–water partition coefficient (Wildman–Crippen LogP) is 3.84. The van der Waals surface area contributed by atoms with Gasteiger partial charge in [0.15, 0.2) is 0 Å². The van der Waals surface area contributed by atoms with Crippen molar-refractivity contribution >= 4 is 12.6 Å². The zero-order chi connectivity index (χ0) is 11.7. The van der Waals surface area contributed by atoms with E-state index in [1.807, 2.05) is 0 Å².